The van der Waals surface area contributed by atoms with Crippen LogP contribution < -0.4 is 0 Å². The van der Waals surface area contributed by atoms with Crippen molar-refractivity contribution < 1.29 is 22.1 Å². The molecule has 1 nitrogen and oxygen atoms in total. The first-order valence-electron chi connectivity index (χ1n) is 5.38. The zero-order valence-corrected chi connectivity index (χ0v) is 14.7. The predicted molar refractivity (Wildman–Crippen MR) is 72.1 cm³/mol. The van der Waals surface area contributed by atoms with E-state index in [-0.39, 0.29) is 7.43 Å². The minimum atomic E-state index is -0.556. The molecule has 1 N–H and O–H groups in total. The quantitative estimate of drug-likeness (QED) is 0.511. The average Bonchev–Trinajstić information content (AvgIpc) is 2.41. The van der Waals surface area contributed by atoms with Crippen molar-refractivity contribution in [1.29, 1.82) is 0 Å². The third kappa shape index (κ3) is 6.86. The summed E-state index contributed by atoms with van der Waals surface area (Å²) < 4.78 is 0. The van der Waals surface area contributed by atoms with Gasteiger partial charge in [-0.2, -0.15) is 0 Å². The maximum atomic E-state index is 7.00. The molecule has 0 aliphatic heterocycles. The second kappa shape index (κ2) is 12.7. The Labute approximate surface area is 119 Å². The van der Waals surface area contributed by atoms with Crippen molar-refractivity contribution >= 4 is 18.6 Å². The molecular weight excluding hydrogens is 279 g/mol. The second-order valence-electron chi connectivity index (χ2n) is 4.37. The molecule has 0 aromatic heterocycles. The Balaban J connectivity index is -0.000000246. The summed E-state index contributed by atoms with van der Waals surface area (Å²) in [4.78, 5) is 0. The molecular formula is C12H27Cl2OTi-. The molecule has 0 aromatic rings. The van der Waals surface area contributed by atoms with Crippen LogP contribution in [0.1, 0.15) is 34.6 Å². The SMILES string of the molecule is CC1C(C)C(C)C(C)C1C.CO.[CH3-].[Cl][Ti][Cl]. The first-order chi connectivity index (χ1) is 6.97. The van der Waals surface area contributed by atoms with Gasteiger partial charge in [-0.25, -0.2) is 0 Å². The summed E-state index contributed by atoms with van der Waals surface area (Å²) in [5.74, 6) is 4.68. The maximum absolute atomic E-state index is 7.00. The van der Waals surface area contributed by atoms with Crippen LogP contribution in [0.15, 0.2) is 0 Å². The van der Waals surface area contributed by atoms with Crippen LogP contribution in [-0.2, 0) is 17.0 Å². The van der Waals surface area contributed by atoms with E-state index in [9.17, 15) is 0 Å². The van der Waals surface area contributed by atoms with Gasteiger partial charge in [0.05, 0.1) is 0 Å². The molecule has 0 atom stereocenters. The van der Waals surface area contributed by atoms with E-state index >= 15 is 0 Å². The minimum absolute atomic E-state index is 0. The van der Waals surface area contributed by atoms with Crippen LogP contribution in [-0.4, -0.2) is 12.2 Å². The van der Waals surface area contributed by atoms with Crippen LogP contribution in [0.5, 0.6) is 0 Å². The zero-order valence-electron chi connectivity index (χ0n) is 11.6. The van der Waals surface area contributed by atoms with Gasteiger partial charge in [0, 0.05) is 7.11 Å². The molecule has 0 radical (unpaired) electrons. The molecule has 1 saturated carbocycles. The molecule has 4 heteroatoms. The van der Waals surface area contributed by atoms with Crippen LogP contribution in [0.2, 0.25) is 0 Å². The van der Waals surface area contributed by atoms with Crippen molar-refractivity contribution in [1.82, 2.24) is 0 Å². The van der Waals surface area contributed by atoms with E-state index in [0.29, 0.717) is 0 Å². The van der Waals surface area contributed by atoms with Crippen molar-refractivity contribution in [2.45, 2.75) is 34.6 Å². The van der Waals surface area contributed by atoms with Gasteiger partial charge in [0.1, 0.15) is 0 Å². The summed E-state index contributed by atoms with van der Waals surface area (Å²) in [7, 11) is 10.8. The first kappa shape index (κ1) is 22.4. The summed E-state index contributed by atoms with van der Waals surface area (Å²) in [5.41, 5.74) is 0. The van der Waals surface area contributed by atoms with E-state index in [1.54, 1.807) is 0 Å². The Kier molecular flexibility index (Phi) is 17.8. The van der Waals surface area contributed by atoms with E-state index in [0.717, 1.165) is 36.7 Å². The average molecular weight is 306 g/mol. The van der Waals surface area contributed by atoms with Crippen molar-refractivity contribution in [2.24, 2.45) is 29.6 Å². The van der Waals surface area contributed by atoms with Gasteiger partial charge < -0.3 is 12.5 Å². The third-order valence-electron chi connectivity index (χ3n) is 4.15. The van der Waals surface area contributed by atoms with Gasteiger partial charge in [-0.05, 0) is 29.6 Å². The van der Waals surface area contributed by atoms with E-state index in [1.807, 2.05) is 0 Å². The summed E-state index contributed by atoms with van der Waals surface area (Å²) in [5, 5.41) is 7.00. The van der Waals surface area contributed by atoms with Crippen molar-refractivity contribution in [3.8, 4) is 0 Å². The summed E-state index contributed by atoms with van der Waals surface area (Å²) in [6, 6.07) is 0. The van der Waals surface area contributed by atoms with Crippen LogP contribution >= 0.6 is 18.6 Å². The van der Waals surface area contributed by atoms with E-state index in [4.69, 9.17) is 23.7 Å². The molecule has 0 heterocycles. The molecule has 0 spiro atoms. The van der Waals surface area contributed by atoms with E-state index in [2.05, 4.69) is 34.6 Å². The fourth-order valence-corrected chi connectivity index (χ4v) is 2.39. The second-order valence-corrected chi connectivity index (χ2v) is 6.95. The number of hydrogen-bond acceptors (Lipinski definition) is 1. The van der Waals surface area contributed by atoms with Crippen LogP contribution in [0.4, 0.5) is 0 Å². The van der Waals surface area contributed by atoms with E-state index in [1.165, 1.54) is 0 Å². The van der Waals surface area contributed by atoms with Gasteiger partial charge in [0.2, 0.25) is 0 Å². The van der Waals surface area contributed by atoms with Crippen molar-refractivity contribution in [3.05, 3.63) is 7.43 Å². The molecule has 0 bridgehead atoms. The summed E-state index contributed by atoms with van der Waals surface area (Å²) >= 11 is -0.556. The van der Waals surface area contributed by atoms with Gasteiger partial charge in [-0.1, -0.05) is 34.6 Å². The molecule has 0 unspecified atom stereocenters. The molecule has 16 heavy (non-hydrogen) atoms. The molecule has 1 aliphatic rings. The summed E-state index contributed by atoms with van der Waals surface area (Å²) in [6.45, 7) is 12.0. The van der Waals surface area contributed by atoms with Crippen LogP contribution in [0, 0.1) is 37.0 Å². The molecule has 100 valence electrons. The zero-order chi connectivity index (χ0) is 12.6. The Bertz CT molecular complexity index is 102. The Morgan fingerprint density at radius 2 is 0.750 bits per heavy atom. The molecule has 0 amide bonds. The fourth-order valence-electron chi connectivity index (χ4n) is 2.39. The van der Waals surface area contributed by atoms with Crippen molar-refractivity contribution in [2.75, 3.05) is 7.11 Å². The number of hydrogen-bond donors (Lipinski definition) is 1. The topological polar surface area (TPSA) is 20.2 Å². The molecule has 0 aromatic carbocycles. The van der Waals surface area contributed by atoms with Crippen LogP contribution in [0.3, 0.4) is 0 Å². The van der Waals surface area contributed by atoms with Crippen molar-refractivity contribution in [3.63, 3.8) is 0 Å². The van der Waals surface area contributed by atoms with Crippen LogP contribution in [0.25, 0.3) is 0 Å². The standard InChI is InChI=1S/C10H20.CH4O.CH3.2ClH.Ti/c1-6-7(2)9(4)10(5)8(6)3;1-2;;;;/h6-10H,1-5H3;2H,1H3;1H3;2*1H;/q;;-1;;;+2/p-2. The Morgan fingerprint density at radius 1 is 0.688 bits per heavy atom. The van der Waals surface area contributed by atoms with Gasteiger partial charge in [0.25, 0.3) is 0 Å². The third-order valence-corrected chi connectivity index (χ3v) is 4.15. The fraction of sp³-hybridized carbons (Fsp3) is 0.917. The molecule has 1 fully saturated rings. The number of aliphatic hydroxyl groups excluding tert-OH is 1. The Morgan fingerprint density at radius 3 is 0.812 bits per heavy atom. The number of rotatable bonds is 0. The molecule has 1 rings (SSSR count). The molecule has 0 saturated heterocycles. The predicted octanol–water partition coefficient (Wildman–Crippen LogP) is 4.62. The first-order valence-corrected chi connectivity index (χ1v) is 9.68. The van der Waals surface area contributed by atoms with E-state index < -0.39 is 17.0 Å². The number of aliphatic hydroxyl groups is 1. The summed E-state index contributed by atoms with van der Waals surface area (Å²) in [6.07, 6.45) is 0. The number of halogens is 2. The van der Waals surface area contributed by atoms with Gasteiger partial charge in [-0.15, -0.1) is 0 Å². The van der Waals surface area contributed by atoms with Gasteiger partial charge in [0.15, 0.2) is 0 Å². The normalized spacial score (nSPS) is 35.9. The Hall–Kier alpha value is 1.25. The van der Waals surface area contributed by atoms with Gasteiger partial charge in [-0.3, -0.25) is 0 Å². The molecule has 1 aliphatic carbocycles. The van der Waals surface area contributed by atoms with Gasteiger partial charge >= 0.3 is 35.6 Å². The monoisotopic (exact) mass is 305 g/mol.